The van der Waals surface area contributed by atoms with Gasteiger partial charge in [0.2, 0.25) is 0 Å². The van der Waals surface area contributed by atoms with Crippen molar-refractivity contribution >= 4 is 21.6 Å². The van der Waals surface area contributed by atoms with Gasteiger partial charge in [0, 0.05) is 11.5 Å². The molecule has 0 saturated heterocycles. The molecule has 0 fully saturated rings. The summed E-state index contributed by atoms with van der Waals surface area (Å²) in [6.45, 7) is -0.324. The topological polar surface area (TPSA) is 98.4 Å². The van der Waals surface area contributed by atoms with Gasteiger partial charge in [0.25, 0.3) is 0 Å². The third-order valence-corrected chi connectivity index (χ3v) is 5.46. The third kappa shape index (κ3) is 5.20. The van der Waals surface area contributed by atoms with Crippen LogP contribution >= 0.6 is 11.8 Å². The smallest absolute Gasteiger partial charge is 0.179 e. The molecule has 1 rings (SSSR count). The molecule has 104 valence electrons. The van der Waals surface area contributed by atoms with Gasteiger partial charge >= 0.3 is 0 Å². The Bertz CT molecular complexity index is 534. The molecule has 0 radical (unpaired) electrons. The van der Waals surface area contributed by atoms with Gasteiger partial charge in [-0.05, 0) is 24.3 Å². The minimum atomic E-state index is -3.36. The lowest BCUT2D eigenvalue weighted by Gasteiger charge is -2.07. The predicted molar refractivity (Wildman–Crippen MR) is 73.6 cm³/mol. The zero-order valence-electron chi connectivity index (χ0n) is 10.2. The van der Waals surface area contributed by atoms with Crippen molar-refractivity contribution in [3.05, 3.63) is 29.8 Å². The second kappa shape index (κ2) is 7.50. The van der Waals surface area contributed by atoms with Gasteiger partial charge in [-0.2, -0.15) is 17.0 Å². The molecule has 1 unspecified atom stereocenters. The van der Waals surface area contributed by atoms with Crippen LogP contribution in [-0.4, -0.2) is 48.6 Å². The molecule has 0 aromatic heterocycles. The van der Waals surface area contributed by atoms with Crippen molar-refractivity contribution in [3.63, 3.8) is 0 Å². The van der Waals surface area contributed by atoms with E-state index < -0.39 is 15.9 Å². The van der Waals surface area contributed by atoms with E-state index in [4.69, 9.17) is 15.5 Å². The number of hydrogen-bond acceptors (Lipinski definition) is 6. The van der Waals surface area contributed by atoms with E-state index in [9.17, 15) is 8.42 Å². The first kappa shape index (κ1) is 16.0. The zero-order chi connectivity index (χ0) is 14.3. The molecule has 1 aromatic rings. The van der Waals surface area contributed by atoms with Crippen LogP contribution in [0.15, 0.2) is 29.2 Å². The predicted octanol–water partition coefficient (Wildman–Crippen LogP) is 0.418. The fourth-order valence-corrected chi connectivity index (χ4v) is 3.98. The summed E-state index contributed by atoms with van der Waals surface area (Å²) in [5.74, 6) is 0.612. The number of benzene rings is 1. The quantitative estimate of drug-likeness (QED) is 0.708. The first-order valence-corrected chi connectivity index (χ1v) is 8.40. The second-order valence-corrected chi connectivity index (χ2v) is 7.13. The lowest BCUT2D eigenvalue weighted by Crippen LogP contribution is -2.16. The van der Waals surface area contributed by atoms with E-state index in [0.29, 0.717) is 17.1 Å². The molecular weight excluding hydrogens is 286 g/mol. The van der Waals surface area contributed by atoms with Crippen LogP contribution in [0.3, 0.4) is 0 Å². The Morgan fingerprint density at radius 2 is 1.95 bits per heavy atom. The average molecular weight is 301 g/mol. The summed E-state index contributed by atoms with van der Waals surface area (Å²) in [6, 6.07) is 7.70. The largest absolute Gasteiger partial charge is 0.394 e. The highest BCUT2D eigenvalue weighted by molar-refractivity contribution is 8.00. The number of aliphatic hydroxyl groups excluding tert-OH is 2. The first-order valence-electron chi connectivity index (χ1n) is 5.59. The Kier molecular flexibility index (Phi) is 6.31. The van der Waals surface area contributed by atoms with E-state index in [2.05, 4.69) is 0 Å². The van der Waals surface area contributed by atoms with E-state index in [0.717, 1.165) is 0 Å². The molecule has 0 spiro atoms. The highest BCUT2D eigenvalue weighted by atomic mass is 32.2. The van der Waals surface area contributed by atoms with E-state index in [1.54, 1.807) is 0 Å². The second-order valence-electron chi connectivity index (χ2n) is 3.87. The average Bonchev–Trinajstić information content (AvgIpc) is 2.43. The Balaban J connectivity index is 2.54. The van der Waals surface area contributed by atoms with Crippen molar-refractivity contribution in [2.24, 2.45) is 0 Å². The third-order valence-electron chi connectivity index (χ3n) is 2.36. The molecule has 0 saturated carbocycles. The van der Waals surface area contributed by atoms with Gasteiger partial charge in [-0.25, -0.2) is 8.42 Å². The zero-order valence-corrected chi connectivity index (χ0v) is 11.8. The molecule has 2 N–H and O–H groups in total. The van der Waals surface area contributed by atoms with Crippen molar-refractivity contribution in [2.75, 3.05) is 23.9 Å². The normalized spacial score (nSPS) is 12.9. The Labute approximate surface area is 116 Å². The summed E-state index contributed by atoms with van der Waals surface area (Å²) in [6.07, 6.45) is -0.817. The van der Waals surface area contributed by atoms with Crippen LogP contribution in [-0.2, 0) is 9.84 Å². The lowest BCUT2D eigenvalue weighted by atomic mass is 10.2. The molecule has 0 bridgehead atoms. The maximum absolute atomic E-state index is 11.9. The van der Waals surface area contributed by atoms with Crippen LogP contribution in [0.25, 0.3) is 0 Å². The van der Waals surface area contributed by atoms with Crippen LogP contribution < -0.4 is 0 Å². The lowest BCUT2D eigenvalue weighted by molar-refractivity contribution is 0.113. The molecule has 0 aliphatic carbocycles. The molecule has 5 nitrogen and oxygen atoms in total. The van der Waals surface area contributed by atoms with Crippen molar-refractivity contribution in [1.29, 1.82) is 5.26 Å². The first-order chi connectivity index (χ1) is 8.99. The monoisotopic (exact) mass is 301 g/mol. The molecular formula is C12H15NO4S2. The van der Waals surface area contributed by atoms with Crippen LogP contribution in [0.4, 0.5) is 0 Å². The van der Waals surface area contributed by atoms with Gasteiger partial charge < -0.3 is 10.2 Å². The van der Waals surface area contributed by atoms with E-state index >= 15 is 0 Å². The molecule has 19 heavy (non-hydrogen) atoms. The standard InChI is InChI=1S/C12H15NO4S2/c13-7-10-1-3-12(4-2-10)19(16,17)6-5-18-9-11(15)8-14/h1-4,11,14-15H,5-6,8-9H2. The van der Waals surface area contributed by atoms with Gasteiger partial charge in [-0.15, -0.1) is 0 Å². The SMILES string of the molecule is N#Cc1ccc(S(=O)(=O)CCSCC(O)CO)cc1. The minimum absolute atomic E-state index is 0.0400. The van der Waals surface area contributed by atoms with Crippen LogP contribution in [0.1, 0.15) is 5.56 Å². The fourth-order valence-electron chi connectivity index (χ4n) is 1.30. The maximum Gasteiger partial charge on any atom is 0.179 e. The summed E-state index contributed by atoms with van der Waals surface area (Å²) in [5, 5.41) is 26.4. The van der Waals surface area contributed by atoms with Crippen LogP contribution in [0, 0.1) is 11.3 Å². The van der Waals surface area contributed by atoms with Gasteiger partial charge in [0.15, 0.2) is 9.84 Å². The van der Waals surface area contributed by atoms with Crippen molar-refractivity contribution < 1.29 is 18.6 Å². The van der Waals surface area contributed by atoms with E-state index in [1.165, 1.54) is 36.0 Å². The Hall–Kier alpha value is -1.07. The van der Waals surface area contributed by atoms with Gasteiger partial charge in [-0.1, -0.05) is 0 Å². The summed E-state index contributed by atoms with van der Waals surface area (Å²) < 4.78 is 23.9. The van der Waals surface area contributed by atoms with E-state index in [-0.39, 0.29) is 17.3 Å². The number of aliphatic hydroxyl groups is 2. The fraction of sp³-hybridized carbons (Fsp3) is 0.417. The van der Waals surface area contributed by atoms with E-state index in [1.807, 2.05) is 6.07 Å². The van der Waals surface area contributed by atoms with Crippen molar-refractivity contribution in [1.82, 2.24) is 0 Å². The molecule has 0 aliphatic heterocycles. The van der Waals surface area contributed by atoms with Crippen molar-refractivity contribution in [2.45, 2.75) is 11.0 Å². The Morgan fingerprint density at radius 1 is 1.32 bits per heavy atom. The van der Waals surface area contributed by atoms with Crippen molar-refractivity contribution in [3.8, 4) is 6.07 Å². The maximum atomic E-state index is 11.9. The summed E-state index contributed by atoms with van der Waals surface area (Å²) in [5.41, 5.74) is 0.416. The molecule has 1 aromatic carbocycles. The number of thioether (sulfide) groups is 1. The highest BCUT2D eigenvalue weighted by Gasteiger charge is 2.14. The number of nitriles is 1. The molecule has 7 heteroatoms. The summed E-state index contributed by atoms with van der Waals surface area (Å²) in [4.78, 5) is 0.190. The van der Waals surface area contributed by atoms with Crippen LogP contribution in [0.2, 0.25) is 0 Å². The number of nitrogens with zero attached hydrogens (tertiary/aromatic N) is 1. The Morgan fingerprint density at radius 3 is 2.47 bits per heavy atom. The summed E-state index contributed by atoms with van der Waals surface area (Å²) >= 11 is 1.27. The molecule has 0 heterocycles. The molecule has 0 aliphatic rings. The number of hydrogen-bond donors (Lipinski definition) is 2. The molecule has 0 amide bonds. The van der Waals surface area contributed by atoms with Gasteiger partial charge in [0.05, 0.1) is 35.0 Å². The minimum Gasteiger partial charge on any atom is -0.394 e. The summed E-state index contributed by atoms with van der Waals surface area (Å²) in [7, 11) is -3.36. The van der Waals surface area contributed by atoms with Crippen LogP contribution in [0.5, 0.6) is 0 Å². The highest BCUT2D eigenvalue weighted by Crippen LogP contribution is 2.14. The van der Waals surface area contributed by atoms with Gasteiger partial charge in [-0.3, -0.25) is 0 Å². The molecule has 1 atom stereocenters. The number of sulfone groups is 1. The van der Waals surface area contributed by atoms with Gasteiger partial charge in [0.1, 0.15) is 0 Å². The number of rotatable bonds is 7.